The molecular weight excluding hydrogens is 326 g/mol. The van der Waals surface area contributed by atoms with E-state index in [1.54, 1.807) is 24.3 Å². The van der Waals surface area contributed by atoms with Gasteiger partial charge in [-0.1, -0.05) is 38.4 Å². The molecule has 2 N–H and O–H groups in total. The summed E-state index contributed by atoms with van der Waals surface area (Å²) in [7, 11) is 0. The maximum Gasteiger partial charge on any atom is 0.265 e. The van der Waals surface area contributed by atoms with Gasteiger partial charge < -0.3 is 15.2 Å². The number of phenols is 1. The molecule has 126 valence electrons. The van der Waals surface area contributed by atoms with Crippen LogP contribution in [0, 0.1) is 0 Å². The molecule has 1 aliphatic rings. The second-order valence-electron chi connectivity index (χ2n) is 7.03. The zero-order valence-corrected chi connectivity index (χ0v) is 14.6. The van der Waals surface area contributed by atoms with Crippen molar-refractivity contribution in [2.45, 2.75) is 38.7 Å². The van der Waals surface area contributed by atoms with Gasteiger partial charge in [0.15, 0.2) is 6.10 Å². The Morgan fingerprint density at radius 2 is 2.00 bits per heavy atom. The van der Waals surface area contributed by atoms with Crippen molar-refractivity contribution in [2.24, 2.45) is 0 Å². The number of benzene rings is 2. The Kier molecular flexibility index (Phi) is 4.18. The second-order valence-corrected chi connectivity index (χ2v) is 7.47. The highest BCUT2D eigenvalue weighted by Gasteiger charge is 2.30. The molecule has 3 rings (SSSR count). The lowest BCUT2D eigenvalue weighted by Crippen LogP contribution is -2.31. The topological polar surface area (TPSA) is 58.6 Å². The van der Waals surface area contributed by atoms with Crippen LogP contribution in [0.3, 0.4) is 0 Å². The van der Waals surface area contributed by atoms with Crippen molar-refractivity contribution in [1.29, 1.82) is 0 Å². The molecule has 1 amide bonds. The number of phenolic OH excluding ortho intramolecular Hbond substituents is 1. The van der Waals surface area contributed by atoms with Crippen LogP contribution in [0.5, 0.6) is 11.5 Å². The van der Waals surface area contributed by atoms with Crippen LogP contribution in [0.25, 0.3) is 0 Å². The number of amides is 1. The highest BCUT2D eigenvalue weighted by molar-refractivity contribution is 6.30. The number of anilines is 1. The molecule has 0 radical (unpaired) electrons. The van der Waals surface area contributed by atoms with E-state index in [0.29, 0.717) is 22.9 Å². The van der Waals surface area contributed by atoms with Gasteiger partial charge in [-0.3, -0.25) is 4.79 Å². The van der Waals surface area contributed by atoms with Gasteiger partial charge >= 0.3 is 0 Å². The van der Waals surface area contributed by atoms with E-state index in [9.17, 15) is 9.90 Å². The molecule has 1 atom stereocenters. The molecule has 4 nitrogen and oxygen atoms in total. The Bertz CT molecular complexity index is 796. The van der Waals surface area contributed by atoms with Crippen molar-refractivity contribution in [3.05, 3.63) is 52.5 Å². The van der Waals surface area contributed by atoms with Crippen molar-refractivity contribution in [2.75, 3.05) is 5.32 Å². The van der Waals surface area contributed by atoms with Gasteiger partial charge in [0.1, 0.15) is 11.5 Å². The van der Waals surface area contributed by atoms with Gasteiger partial charge in [0.2, 0.25) is 0 Å². The Labute approximate surface area is 146 Å². The number of halogens is 1. The Hall–Kier alpha value is -2.20. The first-order valence-electron chi connectivity index (χ1n) is 7.83. The average Bonchev–Trinajstić information content (AvgIpc) is 2.91. The fourth-order valence-corrected chi connectivity index (χ4v) is 2.87. The number of hydrogen-bond donors (Lipinski definition) is 2. The maximum atomic E-state index is 12.5. The zero-order chi connectivity index (χ0) is 17.5. The summed E-state index contributed by atoms with van der Waals surface area (Å²) in [6.07, 6.45) is -0.169. The maximum absolute atomic E-state index is 12.5. The Morgan fingerprint density at radius 1 is 1.25 bits per heavy atom. The molecule has 0 spiro atoms. The van der Waals surface area contributed by atoms with Crippen LogP contribution in [0.15, 0.2) is 36.4 Å². The quantitative estimate of drug-likeness (QED) is 0.798. The van der Waals surface area contributed by atoms with Crippen LogP contribution in [0.2, 0.25) is 5.02 Å². The molecule has 0 saturated heterocycles. The highest BCUT2D eigenvalue weighted by atomic mass is 35.5. The van der Waals surface area contributed by atoms with Crippen molar-refractivity contribution >= 4 is 23.2 Å². The van der Waals surface area contributed by atoms with Crippen LogP contribution in [0.1, 0.15) is 31.9 Å². The van der Waals surface area contributed by atoms with Gasteiger partial charge in [-0.25, -0.2) is 0 Å². The normalized spacial score (nSPS) is 16.4. The summed E-state index contributed by atoms with van der Waals surface area (Å²) in [5.41, 5.74) is 2.25. The lowest BCUT2D eigenvalue weighted by Gasteiger charge is -2.21. The molecular formula is C19H20ClNO3. The van der Waals surface area contributed by atoms with Crippen molar-refractivity contribution < 1.29 is 14.6 Å². The first-order valence-corrected chi connectivity index (χ1v) is 8.21. The summed E-state index contributed by atoms with van der Waals surface area (Å²) in [4.78, 5) is 12.5. The van der Waals surface area contributed by atoms with E-state index in [1.807, 2.05) is 12.1 Å². The molecule has 1 heterocycles. The third-order valence-corrected chi connectivity index (χ3v) is 4.35. The van der Waals surface area contributed by atoms with Gasteiger partial charge in [-0.05, 0) is 46.9 Å². The summed E-state index contributed by atoms with van der Waals surface area (Å²) < 4.78 is 5.68. The third kappa shape index (κ3) is 3.34. The fourth-order valence-electron chi connectivity index (χ4n) is 2.68. The highest BCUT2D eigenvalue weighted by Crippen LogP contribution is 2.33. The van der Waals surface area contributed by atoms with E-state index in [0.717, 1.165) is 11.1 Å². The van der Waals surface area contributed by atoms with Crippen LogP contribution in [-0.2, 0) is 16.6 Å². The molecule has 2 aromatic carbocycles. The largest absolute Gasteiger partial charge is 0.506 e. The Balaban J connectivity index is 1.77. The minimum atomic E-state index is -0.629. The predicted molar refractivity (Wildman–Crippen MR) is 95.0 cm³/mol. The van der Waals surface area contributed by atoms with E-state index in [4.69, 9.17) is 16.3 Å². The van der Waals surface area contributed by atoms with E-state index < -0.39 is 6.10 Å². The molecule has 1 aliphatic heterocycles. The first kappa shape index (κ1) is 16.7. The lowest BCUT2D eigenvalue weighted by molar-refractivity contribution is -0.122. The Morgan fingerprint density at radius 3 is 2.71 bits per heavy atom. The number of ether oxygens (including phenoxy) is 1. The van der Waals surface area contributed by atoms with Crippen molar-refractivity contribution in [3.63, 3.8) is 0 Å². The molecule has 0 saturated carbocycles. The molecule has 0 fully saturated rings. The van der Waals surface area contributed by atoms with Crippen molar-refractivity contribution in [1.82, 2.24) is 0 Å². The van der Waals surface area contributed by atoms with E-state index in [2.05, 4.69) is 26.1 Å². The minimum absolute atomic E-state index is 0.0369. The smallest absolute Gasteiger partial charge is 0.265 e. The summed E-state index contributed by atoms with van der Waals surface area (Å²) in [5, 5.41) is 13.4. The minimum Gasteiger partial charge on any atom is -0.506 e. The van der Waals surface area contributed by atoms with Crippen molar-refractivity contribution in [3.8, 4) is 11.5 Å². The lowest BCUT2D eigenvalue weighted by atomic mass is 9.87. The van der Waals surface area contributed by atoms with Crippen LogP contribution < -0.4 is 10.1 Å². The van der Waals surface area contributed by atoms with Gasteiger partial charge in [0.25, 0.3) is 5.91 Å². The van der Waals surface area contributed by atoms with E-state index in [-0.39, 0.29) is 17.1 Å². The average molecular weight is 346 g/mol. The fraction of sp³-hybridized carbons (Fsp3) is 0.316. The molecule has 24 heavy (non-hydrogen) atoms. The summed E-state index contributed by atoms with van der Waals surface area (Å²) in [6.45, 7) is 6.22. The van der Waals surface area contributed by atoms with E-state index >= 15 is 0 Å². The van der Waals surface area contributed by atoms with Gasteiger partial charge in [0.05, 0.1) is 5.69 Å². The molecule has 0 aliphatic carbocycles. The standard InChI is InChI=1S/C19H20ClNO3/c1-19(2,3)12-4-6-15(22)14(10-12)21-18(23)17-9-11-8-13(20)5-7-16(11)24-17/h4-8,10,17,22H,9H2,1-3H3,(H,21,23). The van der Waals surface area contributed by atoms with Gasteiger partial charge in [-0.15, -0.1) is 0 Å². The van der Waals surface area contributed by atoms with Crippen LogP contribution in [-0.4, -0.2) is 17.1 Å². The number of carbonyl (C=O) groups is 1. The predicted octanol–water partition coefficient (Wildman–Crippen LogP) is 4.29. The number of fused-ring (bicyclic) bond motifs is 1. The molecule has 1 unspecified atom stereocenters. The van der Waals surface area contributed by atoms with Gasteiger partial charge in [0, 0.05) is 11.4 Å². The summed E-state index contributed by atoms with van der Waals surface area (Å²) >= 11 is 5.97. The number of carbonyl (C=O) groups excluding carboxylic acids is 1. The first-order chi connectivity index (χ1) is 11.2. The number of nitrogens with one attached hydrogen (secondary N) is 1. The number of hydrogen-bond acceptors (Lipinski definition) is 3. The molecule has 5 heteroatoms. The molecule has 0 aromatic heterocycles. The summed E-state index contributed by atoms with van der Waals surface area (Å²) in [5.74, 6) is 0.422. The number of rotatable bonds is 2. The molecule has 0 bridgehead atoms. The third-order valence-electron chi connectivity index (χ3n) is 4.11. The second kappa shape index (κ2) is 6.02. The molecule has 2 aromatic rings. The summed E-state index contributed by atoms with van der Waals surface area (Å²) in [6, 6.07) is 10.6. The van der Waals surface area contributed by atoms with Gasteiger partial charge in [-0.2, -0.15) is 0 Å². The van der Waals surface area contributed by atoms with Crippen LogP contribution in [0.4, 0.5) is 5.69 Å². The monoisotopic (exact) mass is 345 g/mol. The number of aromatic hydroxyl groups is 1. The van der Waals surface area contributed by atoms with E-state index in [1.165, 1.54) is 0 Å². The SMILES string of the molecule is CC(C)(C)c1ccc(O)c(NC(=O)C2Cc3cc(Cl)ccc3O2)c1. The zero-order valence-electron chi connectivity index (χ0n) is 13.9. The van der Waals surface area contributed by atoms with Crippen LogP contribution >= 0.6 is 11.6 Å².